The number of hydrogen-bond acceptors (Lipinski definition) is 3. The molecule has 0 aliphatic heterocycles. The molecule has 0 radical (unpaired) electrons. The number of rotatable bonds is 3. The van der Waals surface area contributed by atoms with Crippen LogP contribution in [0.4, 0.5) is 0 Å². The van der Waals surface area contributed by atoms with E-state index in [2.05, 4.69) is 11.8 Å². The van der Waals surface area contributed by atoms with Crippen LogP contribution in [0.15, 0.2) is 60.2 Å². The monoisotopic (exact) mass is 292 g/mol. The second-order valence-corrected chi connectivity index (χ2v) is 4.44. The molecular formula is C19H16O3. The Kier molecular flexibility index (Phi) is 5.39. The minimum absolute atomic E-state index is 0.302. The molecule has 0 aliphatic carbocycles. The number of esters is 1. The fourth-order valence-electron chi connectivity index (χ4n) is 1.78. The summed E-state index contributed by atoms with van der Waals surface area (Å²) in [6.07, 6.45) is 1.70. The third-order valence-electron chi connectivity index (χ3n) is 2.95. The van der Waals surface area contributed by atoms with Gasteiger partial charge in [0.05, 0.1) is 14.2 Å². The summed E-state index contributed by atoms with van der Waals surface area (Å²) < 4.78 is 9.89. The van der Waals surface area contributed by atoms with Gasteiger partial charge in [-0.3, -0.25) is 0 Å². The van der Waals surface area contributed by atoms with Gasteiger partial charge < -0.3 is 9.47 Å². The zero-order valence-electron chi connectivity index (χ0n) is 12.5. The highest BCUT2D eigenvalue weighted by atomic mass is 16.5. The summed E-state index contributed by atoms with van der Waals surface area (Å²) in [7, 11) is 2.95. The van der Waals surface area contributed by atoms with Gasteiger partial charge in [0, 0.05) is 5.56 Å². The fourth-order valence-corrected chi connectivity index (χ4v) is 1.78. The van der Waals surface area contributed by atoms with Gasteiger partial charge in [0.25, 0.3) is 0 Å². The van der Waals surface area contributed by atoms with Gasteiger partial charge in [-0.1, -0.05) is 42.2 Å². The molecule has 3 heteroatoms. The van der Waals surface area contributed by atoms with Crippen LogP contribution < -0.4 is 4.74 Å². The summed E-state index contributed by atoms with van der Waals surface area (Å²) in [4.78, 5) is 11.8. The molecule has 0 saturated heterocycles. The van der Waals surface area contributed by atoms with E-state index < -0.39 is 5.97 Å². The molecule has 0 N–H and O–H groups in total. The zero-order valence-corrected chi connectivity index (χ0v) is 12.5. The lowest BCUT2D eigenvalue weighted by Gasteiger charge is -2.01. The number of ether oxygens (including phenoxy) is 2. The molecule has 2 aromatic carbocycles. The van der Waals surface area contributed by atoms with Gasteiger partial charge in [-0.15, -0.1) is 0 Å². The third-order valence-corrected chi connectivity index (χ3v) is 2.95. The van der Waals surface area contributed by atoms with E-state index in [0.29, 0.717) is 5.57 Å². The van der Waals surface area contributed by atoms with Crippen LogP contribution in [-0.2, 0) is 9.53 Å². The Morgan fingerprint density at radius 2 is 1.68 bits per heavy atom. The lowest BCUT2D eigenvalue weighted by atomic mass is 10.1. The van der Waals surface area contributed by atoms with Crippen LogP contribution in [0, 0.1) is 11.8 Å². The number of hydrogen-bond donors (Lipinski definition) is 0. The minimum Gasteiger partial charge on any atom is -0.497 e. The lowest BCUT2D eigenvalue weighted by molar-refractivity contribution is -0.135. The van der Waals surface area contributed by atoms with E-state index >= 15 is 0 Å². The average molecular weight is 292 g/mol. The summed E-state index contributed by atoms with van der Waals surface area (Å²) in [5, 5.41) is 0. The van der Waals surface area contributed by atoms with Gasteiger partial charge in [-0.2, -0.15) is 0 Å². The van der Waals surface area contributed by atoms with Crippen LogP contribution in [0.25, 0.3) is 6.08 Å². The first kappa shape index (κ1) is 15.4. The fraction of sp³-hybridized carbons (Fsp3) is 0.105. The van der Waals surface area contributed by atoms with Crippen molar-refractivity contribution < 1.29 is 14.3 Å². The van der Waals surface area contributed by atoms with E-state index in [1.54, 1.807) is 13.2 Å². The number of carbonyl (C=O) groups is 1. The average Bonchev–Trinajstić information content (AvgIpc) is 2.59. The summed E-state index contributed by atoms with van der Waals surface area (Å²) in [5.41, 5.74) is 1.99. The number of benzene rings is 2. The highest BCUT2D eigenvalue weighted by Crippen LogP contribution is 2.14. The Morgan fingerprint density at radius 1 is 1.00 bits per heavy atom. The van der Waals surface area contributed by atoms with Crippen LogP contribution in [0.3, 0.4) is 0 Å². The van der Waals surface area contributed by atoms with Crippen molar-refractivity contribution in [3.63, 3.8) is 0 Å². The Balaban J connectivity index is 2.31. The van der Waals surface area contributed by atoms with E-state index in [1.165, 1.54) is 7.11 Å². The maximum absolute atomic E-state index is 11.8. The predicted octanol–water partition coefficient (Wildman–Crippen LogP) is 3.30. The first-order valence-electron chi connectivity index (χ1n) is 6.74. The van der Waals surface area contributed by atoms with Crippen molar-refractivity contribution in [2.45, 2.75) is 0 Å². The topological polar surface area (TPSA) is 35.5 Å². The Labute approximate surface area is 130 Å². The molecule has 0 aromatic heterocycles. The van der Waals surface area contributed by atoms with Crippen molar-refractivity contribution in [3.05, 3.63) is 71.3 Å². The first-order valence-corrected chi connectivity index (χ1v) is 6.74. The summed E-state index contributed by atoms with van der Waals surface area (Å²) in [5.74, 6) is 6.13. The molecule has 22 heavy (non-hydrogen) atoms. The van der Waals surface area contributed by atoms with Gasteiger partial charge >= 0.3 is 5.97 Å². The Hall–Kier alpha value is -2.99. The van der Waals surface area contributed by atoms with Gasteiger partial charge in [0.15, 0.2) is 0 Å². The third kappa shape index (κ3) is 4.26. The first-order chi connectivity index (χ1) is 10.7. The SMILES string of the molecule is COC(=O)C(C#Cc1ccccc1)=Cc1ccc(OC)cc1. The molecule has 0 heterocycles. The van der Waals surface area contributed by atoms with E-state index in [0.717, 1.165) is 16.9 Å². The van der Waals surface area contributed by atoms with Crippen molar-refractivity contribution in [1.82, 2.24) is 0 Å². The normalized spacial score (nSPS) is 10.4. The molecule has 0 aliphatic rings. The van der Waals surface area contributed by atoms with Crippen molar-refractivity contribution in [2.24, 2.45) is 0 Å². The van der Waals surface area contributed by atoms with Crippen LogP contribution >= 0.6 is 0 Å². The van der Waals surface area contributed by atoms with Crippen LogP contribution in [0.2, 0.25) is 0 Å². The Bertz CT molecular complexity index is 717. The maximum Gasteiger partial charge on any atom is 0.346 e. The molecule has 0 fully saturated rings. The molecule has 0 spiro atoms. The molecule has 2 rings (SSSR count). The van der Waals surface area contributed by atoms with Crippen LogP contribution in [0.5, 0.6) is 5.75 Å². The second kappa shape index (κ2) is 7.70. The second-order valence-electron chi connectivity index (χ2n) is 4.44. The van der Waals surface area contributed by atoms with Crippen LogP contribution in [-0.4, -0.2) is 20.2 Å². The summed E-state index contributed by atoms with van der Waals surface area (Å²) >= 11 is 0. The quantitative estimate of drug-likeness (QED) is 0.494. The van der Waals surface area contributed by atoms with Gasteiger partial charge in [-0.05, 0) is 35.9 Å². The van der Waals surface area contributed by atoms with Crippen molar-refractivity contribution in [3.8, 4) is 17.6 Å². The number of methoxy groups -OCH3 is 2. The molecule has 2 aromatic rings. The molecule has 0 bridgehead atoms. The summed E-state index contributed by atoms with van der Waals surface area (Å²) in [6.45, 7) is 0. The molecular weight excluding hydrogens is 276 g/mol. The van der Waals surface area contributed by atoms with E-state index in [-0.39, 0.29) is 0 Å². The molecule has 0 amide bonds. The van der Waals surface area contributed by atoms with Gasteiger partial charge in [0.1, 0.15) is 11.3 Å². The zero-order chi connectivity index (χ0) is 15.8. The van der Waals surface area contributed by atoms with E-state index in [1.807, 2.05) is 54.6 Å². The maximum atomic E-state index is 11.8. The molecule has 0 unspecified atom stereocenters. The van der Waals surface area contributed by atoms with Gasteiger partial charge in [-0.25, -0.2) is 4.79 Å². The van der Waals surface area contributed by atoms with Gasteiger partial charge in [0.2, 0.25) is 0 Å². The summed E-state index contributed by atoms with van der Waals surface area (Å²) in [6, 6.07) is 16.8. The highest BCUT2D eigenvalue weighted by molar-refractivity contribution is 5.98. The molecule has 0 atom stereocenters. The van der Waals surface area contributed by atoms with Crippen molar-refractivity contribution in [2.75, 3.05) is 14.2 Å². The molecule has 0 saturated carbocycles. The number of carbonyl (C=O) groups excluding carboxylic acids is 1. The van der Waals surface area contributed by atoms with Crippen molar-refractivity contribution in [1.29, 1.82) is 0 Å². The smallest absolute Gasteiger partial charge is 0.346 e. The largest absolute Gasteiger partial charge is 0.497 e. The molecule has 3 nitrogen and oxygen atoms in total. The van der Waals surface area contributed by atoms with E-state index in [4.69, 9.17) is 9.47 Å². The Morgan fingerprint density at radius 3 is 2.27 bits per heavy atom. The predicted molar refractivity (Wildman–Crippen MR) is 86.3 cm³/mol. The van der Waals surface area contributed by atoms with Crippen molar-refractivity contribution >= 4 is 12.0 Å². The van der Waals surface area contributed by atoms with E-state index in [9.17, 15) is 4.79 Å². The highest BCUT2D eigenvalue weighted by Gasteiger charge is 2.06. The van der Waals surface area contributed by atoms with Crippen LogP contribution in [0.1, 0.15) is 11.1 Å². The minimum atomic E-state index is -0.459. The molecule has 110 valence electrons. The standard InChI is InChI=1S/C19H16O3/c1-21-18-12-9-16(10-13-18)14-17(19(20)22-2)11-8-15-6-4-3-5-7-15/h3-7,9-10,12-14H,1-2H3. The lowest BCUT2D eigenvalue weighted by Crippen LogP contribution is -2.02.